The maximum atomic E-state index is 14.4. The molecule has 0 amide bonds. The minimum atomic E-state index is -4.44. The minimum absolute atomic E-state index is 0.0856. The van der Waals surface area contributed by atoms with E-state index in [4.69, 9.17) is 46.2 Å². The standard InChI is InChI=1S/C48H94O13Si8/c1-48(2,3)62(4,5)51-52-65(43-31-17-8-18-32-43)57-67(45-35-21-10-22-36-45)55-63(49,41-27-13-6-14-28-41)53-66(44-33-19-9-20-34-44)54-64(50,42-29-15-7-16-30-42)56-68(58-65,46-37-23-11-24-38-46)61-69(59-66,60-67)47-39-25-12-26-40-47/h41-47,49-50H,6-40H2,1-5H3. The van der Waals surface area contributed by atoms with Gasteiger partial charge in [0.1, 0.15) is 0 Å². The first-order valence-electron chi connectivity index (χ1n) is 29.2. The van der Waals surface area contributed by atoms with Crippen LogP contribution in [0.2, 0.25) is 56.9 Å². The molecule has 4 unspecified atom stereocenters. The van der Waals surface area contributed by atoms with Gasteiger partial charge in [0.25, 0.3) is 0 Å². The van der Waals surface area contributed by atoms with E-state index in [1.165, 1.54) is 0 Å². The molecule has 4 atom stereocenters. The Morgan fingerprint density at radius 1 is 0.333 bits per heavy atom. The Kier molecular flexibility index (Phi) is 16.8. The van der Waals surface area contributed by atoms with E-state index in [1.807, 2.05) is 0 Å². The molecule has 13 nitrogen and oxygen atoms in total. The van der Waals surface area contributed by atoms with E-state index in [2.05, 4.69) is 33.9 Å². The summed E-state index contributed by atoms with van der Waals surface area (Å²) in [6.07, 6.45) is 33.8. The van der Waals surface area contributed by atoms with Crippen molar-refractivity contribution >= 4 is 69.9 Å². The second-order valence-electron chi connectivity index (χ2n) is 25.5. The SMILES string of the molecule is CC(C)(C)[Si](C)(C)OO[Si]1(C2CCCCC2)O[Si]2(C3CCCCC3)O[Si](O)(C3CCCCC3)O[Si]3(C4CCCCC4)O[Si](O)(C4CCCCC4)O[Si](C4CCCCC4)(O1)O[Si](C1CCCCC1)(O3)O2. The molecule has 3 saturated heterocycles. The number of fused-ring (bicyclic) bond motifs is 3. The van der Waals surface area contributed by atoms with Gasteiger partial charge >= 0.3 is 61.6 Å². The molecule has 10 rings (SSSR count). The summed E-state index contributed by atoms with van der Waals surface area (Å²) < 4.78 is 89.5. The highest BCUT2D eigenvalue weighted by Gasteiger charge is 2.83. The molecule has 69 heavy (non-hydrogen) atoms. The quantitative estimate of drug-likeness (QED) is 0.122. The minimum Gasteiger partial charge on any atom is -0.390 e. The smallest absolute Gasteiger partial charge is 0.390 e. The third-order valence-electron chi connectivity index (χ3n) is 19.5. The average Bonchev–Trinajstić information content (AvgIpc) is 3.35. The molecule has 396 valence electrons. The fourth-order valence-corrected chi connectivity index (χ4v) is 58.6. The van der Waals surface area contributed by atoms with Gasteiger partial charge in [-0.3, -0.25) is 4.58 Å². The largest absolute Gasteiger partial charge is 0.517 e. The Hall–Kier alpha value is 1.22. The van der Waals surface area contributed by atoms with Crippen LogP contribution in [-0.2, 0) is 46.2 Å². The van der Waals surface area contributed by atoms with Crippen LogP contribution in [0.1, 0.15) is 245 Å². The molecule has 21 heteroatoms. The highest BCUT2D eigenvalue weighted by molar-refractivity contribution is 6.99. The van der Waals surface area contributed by atoms with Crippen LogP contribution in [0.25, 0.3) is 0 Å². The Bertz CT molecular complexity index is 1620. The molecule has 0 aromatic rings. The van der Waals surface area contributed by atoms with Gasteiger partial charge in [-0.15, -0.1) is 0 Å². The van der Waals surface area contributed by atoms with Crippen molar-refractivity contribution in [3.8, 4) is 0 Å². The van der Waals surface area contributed by atoms with Gasteiger partial charge in [-0.05, 0) is 108 Å². The lowest BCUT2D eigenvalue weighted by atomic mass is 10.0. The van der Waals surface area contributed by atoms with Crippen LogP contribution < -0.4 is 0 Å². The Labute approximate surface area is 425 Å². The van der Waals surface area contributed by atoms with Gasteiger partial charge in [0, 0.05) is 38.8 Å². The molecule has 0 aromatic heterocycles. The van der Waals surface area contributed by atoms with Crippen LogP contribution in [0.3, 0.4) is 0 Å². The molecule has 3 heterocycles. The molecule has 7 aliphatic carbocycles. The number of hydrogen-bond acceptors (Lipinski definition) is 13. The van der Waals surface area contributed by atoms with Crippen molar-refractivity contribution in [2.24, 2.45) is 0 Å². The lowest BCUT2D eigenvalue weighted by Gasteiger charge is -2.63. The highest BCUT2D eigenvalue weighted by Crippen LogP contribution is 2.62. The molecule has 0 radical (unpaired) electrons. The van der Waals surface area contributed by atoms with E-state index < -0.39 is 69.9 Å². The zero-order chi connectivity index (χ0) is 48.1. The van der Waals surface area contributed by atoms with E-state index in [9.17, 15) is 9.59 Å². The van der Waals surface area contributed by atoms with Crippen LogP contribution in [0.5, 0.6) is 0 Å². The second kappa shape index (κ2) is 21.6. The number of hydrogen-bond donors (Lipinski definition) is 2. The van der Waals surface area contributed by atoms with Crippen LogP contribution in [0, 0.1) is 0 Å². The van der Waals surface area contributed by atoms with Gasteiger partial charge in [-0.1, -0.05) is 156 Å². The molecule has 2 N–H and O–H groups in total. The maximum Gasteiger partial charge on any atom is 0.517 e. The monoisotopic (exact) mass is 1100 g/mol. The third kappa shape index (κ3) is 10.9. The molecular formula is C48H94O13Si8. The second-order valence-corrected chi connectivity index (χ2v) is 51.9. The Balaban J connectivity index is 1.28. The first-order chi connectivity index (χ1) is 33.1. The summed E-state index contributed by atoms with van der Waals surface area (Å²) in [5.41, 5.74) is -1.15. The summed E-state index contributed by atoms with van der Waals surface area (Å²) >= 11 is 0. The number of rotatable bonds is 10. The van der Waals surface area contributed by atoms with Gasteiger partial charge < -0.3 is 46.6 Å². The molecule has 0 aromatic carbocycles. The van der Waals surface area contributed by atoms with Gasteiger partial charge in [0.2, 0.25) is 8.32 Å². The Morgan fingerprint density at radius 3 is 0.841 bits per heavy atom. The zero-order valence-corrected chi connectivity index (χ0v) is 51.7. The predicted octanol–water partition coefficient (Wildman–Crippen LogP) is 14.0. The van der Waals surface area contributed by atoms with Gasteiger partial charge in [-0.2, -0.15) is 0 Å². The van der Waals surface area contributed by atoms with Crippen LogP contribution in [0.15, 0.2) is 0 Å². The summed E-state index contributed by atoms with van der Waals surface area (Å²) in [7, 11) is -32.9. The van der Waals surface area contributed by atoms with E-state index in [0.29, 0.717) is 0 Å². The van der Waals surface area contributed by atoms with Crippen LogP contribution >= 0.6 is 0 Å². The van der Waals surface area contributed by atoms with E-state index in [-0.39, 0.29) is 43.8 Å². The lowest BCUT2D eigenvalue weighted by molar-refractivity contribution is -0.175. The van der Waals surface area contributed by atoms with Crippen molar-refractivity contribution in [2.45, 2.75) is 302 Å². The highest BCUT2D eigenvalue weighted by atomic mass is 28.6. The molecular weight excluding hydrogens is 1010 g/mol. The molecule has 7 saturated carbocycles. The molecule has 10 fully saturated rings. The van der Waals surface area contributed by atoms with Gasteiger partial charge in [-0.25, -0.2) is 4.58 Å². The first kappa shape index (κ1) is 53.6. The summed E-state index contributed by atoms with van der Waals surface area (Å²) in [6.45, 7) is 11.2. The van der Waals surface area contributed by atoms with Crippen LogP contribution in [0.4, 0.5) is 0 Å². The maximum absolute atomic E-state index is 14.4. The Morgan fingerprint density at radius 2 is 0.565 bits per heavy atom. The van der Waals surface area contributed by atoms with E-state index >= 15 is 0 Å². The zero-order valence-electron chi connectivity index (χ0n) is 43.7. The normalized spacial score (nSPS) is 42.3. The van der Waals surface area contributed by atoms with Crippen molar-refractivity contribution in [1.82, 2.24) is 0 Å². The van der Waals surface area contributed by atoms with Crippen molar-refractivity contribution < 1.29 is 55.8 Å². The van der Waals surface area contributed by atoms with Crippen molar-refractivity contribution in [3.05, 3.63) is 0 Å². The average molecular weight is 1100 g/mol. The van der Waals surface area contributed by atoms with Crippen molar-refractivity contribution in [3.63, 3.8) is 0 Å². The molecule has 10 aliphatic rings. The topological polar surface area (TPSA) is 142 Å². The summed E-state index contributed by atoms with van der Waals surface area (Å²) in [5.74, 6) is 0. The molecule has 4 bridgehead atoms. The van der Waals surface area contributed by atoms with Crippen molar-refractivity contribution in [2.75, 3.05) is 0 Å². The van der Waals surface area contributed by atoms with E-state index in [1.54, 1.807) is 0 Å². The fourth-order valence-electron chi connectivity index (χ4n) is 14.2. The van der Waals surface area contributed by atoms with Gasteiger partial charge in [0.05, 0.1) is 0 Å². The molecule has 0 spiro atoms. The van der Waals surface area contributed by atoms with E-state index in [0.717, 1.165) is 225 Å². The van der Waals surface area contributed by atoms with Gasteiger partial charge in [0.15, 0.2) is 0 Å². The first-order valence-corrected chi connectivity index (χ1v) is 44.8. The summed E-state index contributed by atoms with van der Waals surface area (Å²) in [5, 5.41) is -0.178. The third-order valence-corrected chi connectivity index (χ3v) is 55.8. The lowest BCUT2D eigenvalue weighted by Crippen LogP contribution is -2.85. The summed E-state index contributed by atoms with van der Waals surface area (Å²) in [4.78, 5) is 28.8. The van der Waals surface area contributed by atoms with Crippen molar-refractivity contribution in [1.29, 1.82) is 0 Å². The molecule has 3 aliphatic heterocycles. The van der Waals surface area contributed by atoms with Crippen LogP contribution in [-0.4, -0.2) is 79.5 Å². The summed E-state index contributed by atoms with van der Waals surface area (Å²) in [6, 6.07) is 0. The fraction of sp³-hybridized carbons (Fsp3) is 1.00. The predicted molar refractivity (Wildman–Crippen MR) is 282 cm³/mol.